The second-order valence-corrected chi connectivity index (χ2v) is 3.76. The number of nitrogens with two attached hydrogens (primary N) is 1. The lowest BCUT2D eigenvalue weighted by Crippen LogP contribution is -2.20. The molecule has 0 spiro atoms. The molecule has 0 bridgehead atoms. The molecule has 1 aromatic carbocycles. The van der Waals surface area contributed by atoms with Crippen LogP contribution in [0.15, 0.2) is 23.3 Å². The number of aryl methyl sites for hydroxylation is 1. The van der Waals surface area contributed by atoms with Gasteiger partial charge < -0.3 is 5.73 Å². The van der Waals surface area contributed by atoms with Gasteiger partial charge in [-0.3, -0.25) is 4.79 Å². The minimum Gasteiger partial charge on any atom is -0.399 e. The van der Waals surface area contributed by atoms with Gasteiger partial charge in [-0.15, -0.1) is 0 Å². The number of carbonyl (C=O) groups excluding carboxylic acids is 1. The lowest BCUT2D eigenvalue weighted by atomic mass is 10.1. The highest BCUT2D eigenvalue weighted by molar-refractivity contribution is 6.12. The van der Waals surface area contributed by atoms with E-state index in [1.165, 1.54) is 5.01 Å². The van der Waals surface area contributed by atoms with Gasteiger partial charge in [-0.25, -0.2) is 5.01 Å². The predicted octanol–water partition coefficient (Wildman–Crippen LogP) is 1.69. The molecule has 1 heterocycles. The Morgan fingerprint density at radius 3 is 2.67 bits per heavy atom. The highest BCUT2D eigenvalue weighted by Crippen LogP contribution is 2.25. The van der Waals surface area contributed by atoms with Gasteiger partial charge >= 0.3 is 0 Å². The van der Waals surface area contributed by atoms with Crippen LogP contribution in [-0.4, -0.2) is 11.6 Å². The molecule has 1 aromatic rings. The summed E-state index contributed by atoms with van der Waals surface area (Å²) < 4.78 is 0. The molecule has 0 aliphatic carbocycles. The highest BCUT2D eigenvalue weighted by Gasteiger charge is 2.23. The van der Waals surface area contributed by atoms with Crippen molar-refractivity contribution in [1.82, 2.24) is 0 Å². The zero-order chi connectivity index (χ0) is 11.0. The first kappa shape index (κ1) is 9.71. The fourth-order valence-corrected chi connectivity index (χ4v) is 1.66. The van der Waals surface area contributed by atoms with Crippen LogP contribution in [0, 0.1) is 6.92 Å². The number of nitrogen functional groups attached to an aromatic ring is 1. The first-order valence-electron chi connectivity index (χ1n) is 4.81. The largest absolute Gasteiger partial charge is 0.399 e. The smallest absolute Gasteiger partial charge is 0.253 e. The zero-order valence-electron chi connectivity index (χ0n) is 8.82. The molecule has 15 heavy (non-hydrogen) atoms. The topological polar surface area (TPSA) is 58.7 Å². The van der Waals surface area contributed by atoms with Crippen LogP contribution in [0.1, 0.15) is 18.9 Å². The number of hydrogen-bond donors (Lipinski definition) is 1. The van der Waals surface area contributed by atoms with Gasteiger partial charge in [0.2, 0.25) is 0 Å². The molecular formula is C11H13N3O. The van der Waals surface area contributed by atoms with Crippen LogP contribution in [-0.2, 0) is 4.79 Å². The summed E-state index contributed by atoms with van der Waals surface area (Å²) in [5.41, 5.74) is 8.96. The number of nitrogens with zero attached hydrogens (tertiary/aromatic N) is 2. The molecule has 1 amide bonds. The Morgan fingerprint density at radius 2 is 2.13 bits per heavy atom. The molecule has 0 saturated carbocycles. The maximum atomic E-state index is 11.6. The van der Waals surface area contributed by atoms with Gasteiger partial charge in [0.1, 0.15) is 0 Å². The van der Waals surface area contributed by atoms with Gasteiger partial charge in [-0.2, -0.15) is 5.10 Å². The molecule has 0 aromatic heterocycles. The molecule has 0 radical (unpaired) electrons. The fraction of sp³-hybridized carbons (Fsp3) is 0.273. The number of hydrogen-bond acceptors (Lipinski definition) is 3. The second-order valence-electron chi connectivity index (χ2n) is 3.76. The van der Waals surface area contributed by atoms with Crippen molar-refractivity contribution in [2.45, 2.75) is 20.3 Å². The molecule has 1 aliphatic heterocycles. The first-order valence-corrected chi connectivity index (χ1v) is 4.81. The van der Waals surface area contributed by atoms with Crippen molar-refractivity contribution >= 4 is 23.0 Å². The summed E-state index contributed by atoms with van der Waals surface area (Å²) in [5.74, 6) is 0.0142. The van der Waals surface area contributed by atoms with Crippen LogP contribution in [0.4, 0.5) is 11.4 Å². The summed E-state index contributed by atoms with van der Waals surface area (Å²) in [6.07, 6.45) is 0.407. The van der Waals surface area contributed by atoms with E-state index in [2.05, 4.69) is 5.10 Å². The third-order valence-electron chi connectivity index (χ3n) is 2.36. The quantitative estimate of drug-likeness (QED) is 0.706. The van der Waals surface area contributed by atoms with E-state index in [-0.39, 0.29) is 5.91 Å². The van der Waals surface area contributed by atoms with Gasteiger partial charge in [-0.1, -0.05) is 0 Å². The monoisotopic (exact) mass is 203 g/mol. The Bertz CT molecular complexity index is 451. The standard InChI is InChI=1S/C11H13N3O/c1-7-5-9(12)3-4-10(7)14-11(15)6-8(2)13-14/h3-5H,6,12H2,1-2H3. The molecule has 1 aliphatic rings. The molecule has 0 saturated heterocycles. The van der Waals surface area contributed by atoms with Gasteiger partial charge in [-0.05, 0) is 37.6 Å². The number of amides is 1. The minimum atomic E-state index is 0.0142. The van der Waals surface area contributed by atoms with E-state index in [4.69, 9.17) is 5.73 Å². The molecule has 2 rings (SSSR count). The third-order valence-corrected chi connectivity index (χ3v) is 2.36. The number of hydrazone groups is 1. The lowest BCUT2D eigenvalue weighted by molar-refractivity contribution is -0.116. The maximum absolute atomic E-state index is 11.6. The Kier molecular flexibility index (Phi) is 2.19. The molecule has 4 nitrogen and oxygen atoms in total. The van der Waals surface area contributed by atoms with Crippen LogP contribution < -0.4 is 10.7 Å². The molecule has 2 N–H and O–H groups in total. The van der Waals surface area contributed by atoms with Crippen LogP contribution in [0.5, 0.6) is 0 Å². The van der Waals surface area contributed by atoms with E-state index in [9.17, 15) is 4.79 Å². The van der Waals surface area contributed by atoms with Crippen LogP contribution in [0.2, 0.25) is 0 Å². The molecule has 0 fully saturated rings. The summed E-state index contributed by atoms with van der Waals surface area (Å²) in [6.45, 7) is 3.77. The van der Waals surface area contributed by atoms with Crippen molar-refractivity contribution in [1.29, 1.82) is 0 Å². The SMILES string of the molecule is CC1=NN(c2ccc(N)cc2C)C(=O)C1. The second kappa shape index (κ2) is 3.38. The molecule has 78 valence electrons. The van der Waals surface area contributed by atoms with Crippen molar-refractivity contribution in [3.63, 3.8) is 0 Å². The van der Waals surface area contributed by atoms with Crippen LogP contribution >= 0.6 is 0 Å². The van der Waals surface area contributed by atoms with Crippen molar-refractivity contribution in [3.8, 4) is 0 Å². The average Bonchev–Trinajstić information content (AvgIpc) is 2.45. The van der Waals surface area contributed by atoms with Gasteiger partial charge in [0.15, 0.2) is 0 Å². The summed E-state index contributed by atoms with van der Waals surface area (Å²) in [6, 6.07) is 5.44. The summed E-state index contributed by atoms with van der Waals surface area (Å²) in [5, 5.41) is 5.64. The highest BCUT2D eigenvalue weighted by atomic mass is 16.2. The van der Waals surface area contributed by atoms with Gasteiger partial charge in [0, 0.05) is 11.4 Å². The Labute approximate surface area is 88.4 Å². The number of anilines is 2. The van der Waals surface area contributed by atoms with E-state index in [1.54, 1.807) is 6.07 Å². The van der Waals surface area contributed by atoms with E-state index in [0.717, 1.165) is 17.0 Å². The van der Waals surface area contributed by atoms with Crippen LogP contribution in [0.3, 0.4) is 0 Å². The van der Waals surface area contributed by atoms with Gasteiger partial charge in [0.25, 0.3) is 5.91 Å². The molecule has 0 unspecified atom stereocenters. The third kappa shape index (κ3) is 1.70. The maximum Gasteiger partial charge on any atom is 0.253 e. The molecular weight excluding hydrogens is 190 g/mol. The number of benzene rings is 1. The molecule has 0 atom stereocenters. The normalized spacial score (nSPS) is 15.7. The summed E-state index contributed by atoms with van der Waals surface area (Å²) >= 11 is 0. The average molecular weight is 203 g/mol. The Morgan fingerprint density at radius 1 is 1.40 bits per heavy atom. The number of rotatable bonds is 1. The van der Waals surface area contributed by atoms with Gasteiger partial charge in [0.05, 0.1) is 12.1 Å². The summed E-state index contributed by atoms with van der Waals surface area (Å²) in [7, 11) is 0. The Hall–Kier alpha value is -1.84. The van der Waals surface area contributed by atoms with Crippen LogP contribution in [0.25, 0.3) is 0 Å². The van der Waals surface area contributed by atoms with E-state index in [0.29, 0.717) is 12.1 Å². The van der Waals surface area contributed by atoms with E-state index in [1.807, 2.05) is 26.0 Å². The summed E-state index contributed by atoms with van der Waals surface area (Å²) in [4.78, 5) is 11.6. The van der Waals surface area contributed by atoms with E-state index >= 15 is 0 Å². The Balaban J connectivity index is 2.42. The minimum absolute atomic E-state index is 0.0142. The van der Waals surface area contributed by atoms with Crippen molar-refractivity contribution < 1.29 is 4.79 Å². The van der Waals surface area contributed by atoms with Crippen molar-refractivity contribution in [2.75, 3.05) is 10.7 Å². The number of carbonyl (C=O) groups is 1. The first-order chi connectivity index (χ1) is 7.08. The lowest BCUT2D eigenvalue weighted by Gasteiger charge is -2.14. The molecule has 4 heteroatoms. The van der Waals surface area contributed by atoms with E-state index < -0.39 is 0 Å². The van der Waals surface area contributed by atoms with Crippen molar-refractivity contribution in [2.24, 2.45) is 5.10 Å². The zero-order valence-corrected chi connectivity index (χ0v) is 8.82. The fourth-order valence-electron chi connectivity index (χ4n) is 1.66. The predicted molar refractivity (Wildman–Crippen MR) is 60.8 cm³/mol. The van der Waals surface area contributed by atoms with Crippen molar-refractivity contribution in [3.05, 3.63) is 23.8 Å².